The average Bonchev–Trinajstić information content (AvgIpc) is 3.00. The maximum absolute atomic E-state index is 12.6. The minimum atomic E-state index is -0.119. The monoisotopic (exact) mass is 382 g/mol. The van der Waals surface area contributed by atoms with Crippen LogP contribution in [0.1, 0.15) is 17.3 Å². The molecule has 1 N–H and O–H groups in total. The van der Waals surface area contributed by atoms with Crippen LogP contribution in [0.3, 0.4) is 0 Å². The van der Waals surface area contributed by atoms with Gasteiger partial charge in [0.05, 0.1) is 5.69 Å². The zero-order valence-electron chi connectivity index (χ0n) is 15.6. The van der Waals surface area contributed by atoms with Crippen LogP contribution in [0.4, 0.5) is 5.69 Å². The molecule has 1 aliphatic carbocycles. The third-order valence-electron chi connectivity index (χ3n) is 5.02. The van der Waals surface area contributed by atoms with Crippen molar-refractivity contribution in [1.82, 2.24) is 4.72 Å². The van der Waals surface area contributed by atoms with Crippen molar-refractivity contribution in [3.8, 4) is 0 Å². The highest BCUT2D eigenvalue weighted by atomic mass is 32.2. The number of allylic oxidation sites excluding steroid dienone is 1. The van der Waals surface area contributed by atoms with Crippen molar-refractivity contribution in [3.63, 3.8) is 0 Å². The van der Waals surface area contributed by atoms with Crippen LogP contribution in [0.25, 0.3) is 10.8 Å². The largest absolute Gasteiger partial charge is 0.374 e. The highest BCUT2D eigenvalue weighted by Gasteiger charge is 2.29. The molecule has 0 aromatic heterocycles. The predicted octanol–water partition coefficient (Wildman–Crippen LogP) is 3.90. The summed E-state index contributed by atoms with van der Waals surface area (Å²) in [4.78, 5) is 15.5. The molecule has 1 aliphatic heterocycles. The third kappa shape index (κ3) is 3.04. The van der Waals surface area contributed by atoms with Gasteiger partial charge in [-0.25, -0.2) is 0 Å². The fourth-order valence-electron chi connectivity index (χ4n) is 3.65. The summed E-state index contributed by atoms with van der Waals surface area (Å²) in [5.74, 6) is 0.0830. The zero-order valence-corrected chi connectivity index (χ0v) is 16.4. The van der Waals surface area contributed by atoms with Crippen molar-refractivity contribution in [2.45, 2.75) is 24.0 Å². The molecule has 2 aliphatic rings. The lowest BCUT2D eigenvalue weighted by Gasteiger charge is -2.24. The molecule has 6 heteroatoms. The summed E-state index contributed by atoms with van der Waals surface area (Å²) in [5, 5.41) is 2.13. The first kappa shape index (κ1) is 18.1. The van der Waals surface area contributed by atoms with Gasteiger partial charge in [0.2, 0.25) is 0 Å². The molecule has 1 amide bonds. The molecule has 0 bridgehead atoms. The molecule has 0 radical (unpaired) electrons. The number of nitrogens with one attached hydrogen (secondary N) is 1. The molecule has 0 spiro atoms. The molecule has 4 rings (SSSR count). The Hall–Kier alpha value is -2.28. The van der Waals surface area contributed by atoms with Crippen molar-refractivity contribution in [1.29, 1.82) is 0 Å². The van der Waals surface area contributed by atoms with Gasteiger partial charge in [-0.1, -0.05) is 18.2 Å². The van der Waals surface area contributed by atoms with Gasteiger partial charge in [0.1, 0.15) is 12.2 Å². The maximum atomic E-state index is 12.6. The Bertz CT molecular complexity index is 954. The smallest absolute Gasteiger partial charge is 0.258 e. The number of amides is 1. The van der Waals surface area contributed by atoms with Crippen molar-refractivity contribution in [2.24, 2.45) is 0 Å². The van der Waals surface area contributed by atoms with Crippen LogP contribution in [0, 0.1) is 0 Å². The van der Waals surface area contributed by atoms with E-state index >= 15 is 0 Å². The molecule has 5 nitrogen and oxygen atoms in total. The molecule has 2 aromatic carbocycles. The van der Waals surface area contributed by atoms with E-state index in [0.29, 0.717) is 6.54 Å². The fourth-order valence-corrected chi connectivity index (χ4v) is 4.43. The first-order valence-corrected chi connectivity index (χ1v) is 9.75. The summed E-state index contributed by atoms with van der Waals surface area (Å²) in [7, 11) is 3.35. The number of nitrogens with zero attached hydrogens (tertiary/aromatic N) is 1. The predicted molar refractivity (Wildman–Crippen MR) is 109 cm³/mol. The molecule has 27 heavy (non-hydrogen) atoms. The van der Waals surface area contributed by atoms with Crippen LogP contribution in [-0.4, -0.2) is 38.9 Å². The number of anilines is 1. The quantitative estimate of drug-likeness (QED) is 0.768. The van der Waals surface area contributed by atoms with Crippen LogP contribution in [0.5, 0.6) is 0 Å². The summed E-state index contributed by atoms with van der Waals surface area (Å²) in [6.07, 6.45) is 5.81. The van der Waals surface area contributed by atoms with Crippen molar-refractivity contribution >= 4 is 34.3 Å². The Balaban J connectivity index is 1.62. The maximum Gasteiger partial charge on any atom is 0.258 e. The first-order valence-electron chi connectivity index (χ1n) is 8.94. The normalized spacial score (nSPS) is 21.1. The van der Waals surface area contributed by atoms with Crippen molar-refractivity contribution < 1.29 is 14.3 Å². The number of hydrogen-bond donors (Lipinski definition) is 1. The van der Waals surface area contributed by atoms with E-state index in [9.17, 15) is 4.79 Å². The number of carbonyl (C=O) groups excluding carboxylic acids is 1. The Morgan fingerprint density at radius 2 is 1.96 bits per heavy atom. The second-order valence-corrected chi connectivity index (χ2v) is 7.29. The highest BCUT2D eigenvalue weighted by molar-refractivity contribution is 7.97. The van der Waals surface area contributed by atoms with Gasteiger partial charge in [0, 0.05) is 42.3 Å². The number of ether oxygens (including phenoxy) is 2. The van der Waals surface area contributed by atoms with Crippen LogP contribution in [0.15, 0.2) is 59.2 Å². The summed E-state index contributed by atoms with van der Waals surface area (Å²) >= 11 is 1.54. The van der Waals surface area contributed by atoms with Crippen molar-refractivity contribution in [2.75, 3.05) is 25.7 Å². The summed E-state index contributed by atoms with van der Waals surface area (Å²) in [6.45, 7) is 2.67. The zero-order chi connectivity index (χ0) is 19.0. The second-order valence-electron chi connectivity index (χ2n) is 6.45. The van der Waals surface area contributed by atoms with E-state index in [4.69, 9.17) is 9.47 Å². The van der Waals surface area contributed by atoms with Crippen LogP contribution >= 0.6 is 11.9 Å². The number of benzene rings is 2. The molecular weight excluding hydrogens is 360 g/mol. The van der Waals surface area contributed by atoms with Gasteiger partial charge in [-0.15, -0.1) is 0 Å². The Morgan fingerprint density at radius 3 is 2.70 bits per heavy atom. The van der Waals surface area contributed by atoms with Gasteiger partial charge in [0.15, 0.2) is 0 Å². The van der Waals surface area contributed by atoms with Crippen LogP contribution in [0.2, 0.25) is 0 Å². The van der Waals surface area contributed by atoms with Crippen molar-refractivity contribution in [3.05, 3.63) is 59.8 Å². The minimum Gasteiger partial charge on any atom is -0.374 e. The molecule has 0 saturated heterocycles. The number of carbonyl (C=O) groups is 1. The summed E-state index contributed by atoms with van der Waals surface area (Å²) in [5.41, 5.74) is 2.75. The van der Waals surface area contributed by atoms with E-state index in [1.165, 1.54) is 11.9 Å². The van der Waals surface area contributed by atoms with E-state index in [1.807, 2.05) is 48.3 Å². The second kappa shape index (κ2) is 7.38. The van der Waals surface area contributed by atoms with E-state index in [1.54, 1.807) is 14.2 Å². The molecule has 2 atom stereocenters. The van der Waals surface area contributed by atoms with Gasteiger partial charge >= 0.3 is 0 Å². The fraction of sp³-hybridized carbons (Fsp3) is 0.286. The van der Waals surface area contributed by atoms with Crippen LogP contribution < -0.4 is 9.62 Å². The summed E-state index contributed by atoms with van der Waals surface area (Å²) < 4.78 is 14.3. The SMILES string of the molecule is CCN1C(=O)c2cccc3c(SNC4=CC(OC)C(OC)C=C4)ccc1c23. The van der Waals surface area contributed by atoms with Gasteiger partial charge in [0.25, 0.3) is 5.91 Å². The van der Waals surface area contributed by atoms with E-state index < -0.39 is 0 Å². The van der Waals surface area contributed by atoms with Crippen LogP contribution in [-0.2, 0) is 9.47 Å². The highest BCUT2D eigenvalue weighted by Crippen LogP contribution is 2.41. The Morgan fingerprint density at radius 1 is 1.15 bits per heavy atom. The Kier molecular flexibility index (Phi) is 4.95. The lowest BCUT2D eigenvalue weighted by molar-refractivity contribution is 0.0133. The topological polar surface area (TPSA) is 50.8 Å². The summed E-state index contributed by atoms with van der Waals surface area (Å²) in [6, 6.07) is 10.0. The lowest BCUT2D eigenvalue weighted by Crippen LogP contribution is -2.29. The molecule has 140 valence electrons. The number of rotatable bonds is 6. The Labute approximate surface area is 163 Å². The minimum absolute atomic E-state index is 0.0756. The third-order valence-corrected chi connectivity index (χ3v) is 5.93. The molecule has 2 unspecified atom stereocenters. The molecule has 0 saturated carbocycles. The van der Waals surface area contributed by atoms with Gasteiger partial charge in [-0.05, 0) is 54.6 Å². The standard InChI is InChI=1S/C21H22N2O3S/c1-4-23-16-9-11-19(14-6-5-7-15(20(14)16)21(23)24)27-22-13-8-10-17(25-2)18(12-13)26-3/h5-12,17-18,22H,4H2,1-3H3. The average molecular weight is 382 g/mol. The van der Waals surface area contributed by atoms with E-state index in [2.05, 4.69) is 16.9 Å². The molecule has 1 heterocycles. The molecular formula is C21H22N2O3S. The molecule has 0 fully saturated rings. The first-order chi connectivity index (χ1) is 13.2. The molecule has 2 aromatic rings. The van der Waals surface area contributed by atoms with Gasteiger partial charge in [-0.3, -0.25) is 4.79 Å². The number of methoxy groups -OCH3 is 2. The van der Waals surface area contributed by atoms with Gasteiger partial charge in [-0.2, -0.15) is 0 Å². The van der Waals surface area contributed by atoms with E-state index in [-0.39, 0.29) is 18.1 Å². The number of hydrogen-bond acceptors (Lipinski definition) is 5. The lowest BCUT2D eigenvalue weighted by atomic mass is 10.1. The van der Waals surface area contributed by atoms with E-state index in [0.717, 1.165) is 32.6 Å². The van der Waals surface area contributed by atoms with Gasteiger partial charge < -0.3 is 19.1 Å².